The Bertz CT molecular complexity index is 605. The molecule has 1 aliphatic carbocycles. The van der Waals surface area contributed by atoms with Crippen LogP contribution in [0.2, 0.25) is 0 Å². The van der Waals surface area contributed by atoms with Crippen LogP contribution in [0.5, 0.6) is 5.75 Å². The minimum absolute atomic E-state index is 0.356. The van der Waals surface area contributed by atoms with Gasteiger partial charge in [-0.3, -0.25) is 0 Å². The Morgan fingerprint density at radius 1 is 1.24 bits per heavy atom. The molecule has 21 heavy (non-hydrogen) atoms. The minimum Gasteiger partial charge on any atom is -0.485 e. The van der Waals surface area contributed by atoms with Gasteiger partial charge in [-0.05, 0) is 49.9 Å². The van der Waals surface area contributed by atoms with Crippen LogP contribution in [0, 0.1) is 5.41 Å². The number of benzene rings is 1. The van der Waals surface area contributed by atoms with Gasteiger partial charge in [0.25, 0.3) is 0 Å². The van der Waals surface area contributed by atoms with Crippen LogP contribution in [0.1, 0.15) is 36.9 Å². The second-order valence-corrected chi connectivity index (χ2v) is 6.02. The van der Waals surface area contributed by atoms with Gasteiger partial charge in [0.05, 0.1) is 0 Å². The molecular formula is C16H19N3O2. The third kappa shape index (κ3) is 2.53. The molecule has 1 unspecified atom stereocenters. The Morgan fingerprint density at radius 3 is 2.86 bits per heavy atom. The van der Waals surface area contributed by atoms with Crippen molar-refractivity contribution in [2.75, 3.05) is 13.1 Å². The minimum atomic E-state index is 0.356. The van der Waals surface area contributed by atoms with Gasteiger partial charge in [0.2, 0.25) is 11.7 Å². The van der Waals surface area contributed by atoms with Crippen molar-refractivity contribution in [3.63, 3.8) is 0 Å². The van der Waals surface area contributed by atoms with Crippen molar-refractivity contribution < 1.29 is 9.26 Å². The summed E-state index contributed by atoms with van der Waals surface area (Å²) in [6.45, 7) is 2.57. The lowest BCUT2D eigenvalue weighted by molar-refractivity contribution is 0.282. The first-order chi connectivity index (χ1) is 10.4. The molecule has 5 heteroatoms. The first-order valence-corrected chi connectivity index (χ1v) is 7.57. The Hall–Kier alpha value is -1.88. The Morgan fingerprint density at radius 2 is 2.05 bits per heavy atom. The van der Waals surface area contributed by atoms with E-state index in [1.165, 1.54) is 19.3 Å². The van der Waals surface area contributed by atoms with Crippen molar-refractivity contribution >= 4 is 0 Å². The number of rotatable bonds is 4. The zero-order valence-electron chi connectivity index (χ0n) is 11.9. The van der Waals surface area contributed by atoms with Crippen LogP contribution in [0.4, 0.5) is 0 Å². The normalized spacial score (nSPS) is 23.1. The molecule has 2 fully saturated rings. The third-order valence-corrected chi connectivity index (χ3v) is 4.68. The Labute approximate surface area is 123 Å². The smallest absolute Gasteiger partial charge is 0.230 e. The van der Waals surface area contributed by atoms with Crippen molar-refractivity contribution in [2.45, 2.75) is 31.8 Å². The fourth-order valence-corrected chi connectivity index (χ4v) is 3.31. The lowest BCUT2D eigenvalue weighted by Crippen LogP contribution is -2.29. The molecule has 1 aromatic carbocycles. The predicted octanol–water partition coefficient (Wildman–Crippen LogP) is 2.51. The maximum Gasteiger partial charge on any atom is 0.230 e. The van der Waals surface area contributed by atoms with Crippen LogP contribution >= 0.6 is 0 Å². The Kier molecular flexibility index (Phi) is 3.15. The summed E-state index contributed by atoms with van der Waals surface area (Å²) in [6.07, 6.45) is 3.63. The lowest BCUT2D eigenvalue weighted by Gasteiger charge is -2.22. The van der Waals surface area contributed by atoms with Crippen LogP contribution in [0.25, 0.3) is 0 Å². The van der Waals surface area contributed by atoms with Crippen LogP contribution < -0.4 is 10.1 Å². The number of aromatic nitrogens is 2. The molecule has 1 aliphatic heterocycles. The van der Waals surface area contributed by atoms with E-state index in [9.17, 15) is 0 Å². The van der Waals surface area contributed by atoms with Gasteiger partial charge in [-0.1, -0.05) is 23.4 Å². The average molecular weight is 285 g/mol. The quantitative estimate of drug-likeness (QED) is 0.935. The molecule has 0 radical (unpaired) electrons. The molecule has 5 nitrogen and oxygen atoms in total. The second-order valence-electron chi connectivity index (χ2n) is 6.02. The van der Waals surface area contributed by atoms with Crippen LogP contribution in [-0.4, -0.2) is 23.2 Å². The first-order valence-electron chi connectivity index (χ1n) is 7.57. The van der Waals surface area contributed by atoms with E-state index in [0.717, 1.165) is 24.7 Å². The summed E-state index contributed by atoms with van der Waals surface area (Å²) < 4.78 is 11.1. The molecular weight excluding hydrogens is 266 g/mol. The molecule has 1 saturated carbocycles. The molecule has 2 heterocycles. The van der Waals surface area contributed by atoms with Gasteiger partial charge in [-0.25, -0.2) is 0 Å². The summed E-state index contributed by atoms with van der Waals surface area (Å²) in [4.78, 5) is 4.51. The summed E-state index contributed by atoms with van der Waals surface area (Å²) >= 11 is 0. The molecule has 2 aromatic rings. The van der Waals surface area contributed by atoms with Crippen molar-refractivity contribution in [1.82, 2.24) is 15.5 Å². The number of piperidine rings is 1. The highest BCUT2D eigenvalue weighted by Gasteiger charge is 2.57. The number of hydrogen-bond donors (Lipinski definition) is 1. The maximum atomic E-state index is 5.65. The standard InChI is InChI=1S/C16H19N3O2/c1-2-4-12(5-3-1)20-11-14-18-15(21-19-14)13-10-16(13)6-8-17-9-7-16/h1-5,13,17H,6-11H2. The van der Waals surface area contributed by atoms with Crippen LogP contribution in [0.15, 0.2) is 34.9 Å². The molecule has 0 bridgehead atoms. The molecule has 1 aromatic heterocycles. The van der Waals surface area contributed by atoms with Crippen molar-refractivity contribution in [3.05, 3.63) is 42.0 Å². The zero-order valence-corrected chi connectivity index (χ0v) is 11.9. The molecule has 1 N–H and O–H groups in total. The van der Waals surface area contributed by atoms with Gasteiger partial charge in [0, 0.05) is 5.92 Å². The third-order valence-electron chi connectivity index (χ3n) is 4.68. The Balaban J connectivity index is 1.38. The maximum absolute atomic E-state index is 5.65. The molecule has 4 rings (SSSR count). The van der Waals surface area contributed by atoms with E-state index in [0.29, 0.717) is 23.8 Å². The topological polar surface area (TPSA) is 60.2 Å². The van der Waals surface area contributed by atoms with Gasteiger partial charge in [0.15, 0.2) is 6.61 Å². The first kappa shape index (κ1) is 12.8. The predicted molar refractivity (Wildman–Crippen MR) is 77.0 cm³/mol. The molecule has 0 amide bonds. The molecule has 1 spiro atoms. The molecule has 1 atom stereocenters. The fourth-order valence-electron chi connectivity index (χ4n) is 3.31. The number of ether oxygens (including phenoxy) is 1. The molecule has 2 aliphatic rings. The number of nitrogens with zero attached hydrogens (tertiary/aromatic N) is 2. The van der Waals surface area contributed by atoms with E-state index in [4.69, 9.17) is 9.26 Å². The second kappa shape index (κ2) is 5.15. The fraction of sp³-hybridized carbons (Fsp3) is 0.500. The molecule has 1 saturated heterocycles. The van der Waals surface area contributed by atoms with Crippen molar-refractivity contribution in [2.24, 2.45) is 5.41 Å². The van der Waals surface area contributed by atoms with Crippen molar-refractivity contribution in [3.8, 4) is 5.75 Å². The van der Waals surface area contributed by atoms with E-state index in [2.05, 4.69) is 15.5 Å². The van der Waals surface area contributed by atoms with Crippen molar-refractivity contribution in [1.29, 1.82) is 0 Å². The number of para-hydroxylation sites is 1. The van der Waals surface area contributed by atoms with E-state index < -0.39 is 0 Å². The summed E-state index contributed by atoms with van der Waals surface area (Å²) in [7, 11) is 0. The van der Waals surface area contributed by atoms with Gasteiger partial charge < -0.3 is 14.6 Å². The number of nitrogens with one attached hydrogen (secondary N) is 1. The zero-order chi connectivity index (χ0) is 14.1. The SMILES string of the molecule is c1ccc(OCc2noc(C3CC34CCNCC4)n2)cc1. The molecule has 110 valence electrons. The van der Waals surface area contributed by atoms with E-state index in [1.54, 1.807) is 0 Å². The van der Waals surface area contributed by atoms with E-state index in [-0.39, 0.29) is 0 Å². The van der Waals surface area contributed by atoms with E-state index >= 15 is 0 Å². The highest BCUT2D eigenvalue weighted by molar-refractivity contribution is 5.21. The summed E-state index contributed by atoms with van der Waals surface area (Å²) in [5, 5.41) is 7.45. The lowest BCUT2D eigenvalue weighted by atomic mass is 9.92. The number of hydrogen-bond acceptors (Lipinski definition) is 5. The van der Waals surface area contributed by atoms with Gasteiger partial charge in [-0.15, -0.1) is 0 Å². The van der Waals surface area contributed by atoms with Crippen LogP contribution in [-0.2, 0) is 6.61 Å². The van der Waals surface area contributed by atoms with Gasteiger partial charge >= 0.3 is 0 Å². The summed E-state index contributed by atoms with van der Waals surface area (Å²) in [5.74, 6) is 2.70. The highest BCUT2D eigenvalue weighted by atomic mass is 16.5. The largest absolute Gasteiger partial charge is 0.485 e. The summed E-state index contributed by atoms with van der Waals surface area (Å²) in [6, 6.07) is 9.70. The van der Waals surface area contributed by atoms with Crippen LogP contribution in [0.3, 0.4) is 0 Å². The summed E-state index contributed by atoms with van der Waals surface area (Å²) in [5.41, 5.74) is 0.426. The monoisotopic (exact) mass is 285 g/mol. The van der Waals surface area contributed by atoms with Gasteiger partial charge in [0.1, 0.15) is 5.75 Å². The highest BCUT2D eigenvalue weighted by Crippen LogP contribution is 2.63. The van der Waals surface area contributed by atoms with Gasteiger partial charge in [-0.2, -0.15) is 4.98 Å². The average Bonchev–Trinajstić information content (AvgIpc) is 3.02. The van der Waals surface area contributed by atoms with E-state index in [1.807, 2.05) is 30.3 Å².